The average molecular weight is 294 g/mol. The SMILES string of the molecule is Cc1ccc(-c2ccc(SC(F)F)cc2)c(C(=O)O)c1. The minimum Gasteiger partial charge on any atom is -0.478 e. The van der Waals surface area contributed by atoms with Crippen LogP contribution in [0.4, 0.5) is 8.78 Å². The molecular formula is C15H12F2O2S. The van der Waals surface area contributed by atoms with Gasteiger partial charge in [-0.2, -0.15) is 8.78 Å². The molecule has 0 atom stereocenters. The number of hydrogen-bond acceptors (Lipinski definition) is 2. The zero-order valence-electron chi connectivity index (χ0n) is 10.6. The van der Waals surface area contributed by atoms with E-state index >= 15 is 0 Å². The molecule has 0 amide bonds. The highest BCUT2D eigenvalue weighted by atomic mass is 32.2. The summed E-state index contributed by atoms with van der Waals surface area (Å²) in [6, 6.07) is 11.6. The molecule has 0 spiro atoms. The van der Waals surface area contributed by atoms with Crippen LogP contribution in [0.25, 0.3) is 11.1 Å². The van der Waals surface area contributed by atoms with Gasteiger partial charge in [-0.25, -0.2) is 4.79 Å². The van der Waals surface area contributed by atoms with Gasteiger partial charge in [0.25, 0.3) is 5.76 Å². The fourth-order valence-electron chi connectivity index (χ4n) is 1.90. The lowest BCUT2D eigenvalue weighted by Crippen LogP contribution is -2.00. The molecule has 0 saturated carbocycles. The molecule has 0 aromatic heterocycles. The van der Waals surface area contributed by atoms with Crippen LogP contribution >= 0.6 is 11.8 Å². The molecule has 20 heavy (non-hydrogen) atoms. The van der Waals surface area contributed by atoms with Gasteiger partial charge >= 0.3 is 5.97 Å². The van der Waals surface area contributed by atoms with Crippen molar-refractivity contribution in [2.75, 3.05) is 0 Å². The van der Waals surface area contributed by atoms with Gasteiger partial charge in [0, 0.05) is 4.90 Å². The third kappa shape index (κ3) is 3.36. The maximum Gasteiger partial charge on any atom is 0.336 e. The minimum atomic E-state index is -2.46. The van der Waals surface area contributed by atoms with E-state index in [1.165, 1.54) is 0 Å². The molecule has 0 unspecified atom stereocenters. The maximum atomic E-state index is 12.2. The van der Waals surface area contributed by atoms with E-state index in [4.69, 9.17) is 0 Å². The molecule has 0 aliphatic carbocycles. The Labute approximate surface area is 119 Å². The molecule has 0 aliphatic heterocycles. The van der Waals surface area contributed by atoms with Crippen LogP contribution in [-0.4, -0.2) is 16.8 Å². The van der Waals surface area contributed by atoms with Crippen LogP contribution in [0, 0.1) is 6.92 Å². The number of halogens is 2. The van der Waals surface area contributed by atoms with Crippen molar-refractivity contribution in [3.8, 4) is 11.1 Å². The van der Waals surface area contributed by atoms with Crippen LogP contribution in [-0.2, 0) is 0 Å². The van der Waals surface area contributed by atoms with Crippen LogP contribution in [0.5, 0.6) is 0 Å². The second-order valence-corrected chi connectivity index (χ2v) is 5.32. The number of carbonyl (C=O) groups is 1. The summed E-state index contributed by atoms with van der Waals surface area (Å²) < 4.78 is 24.5. The molecule has 2 aromatic rings. The Balaban J connectivity index is 2.39. The van der Waals surface area contributed by atoms with Gasteiger partial charge in [-0.15, -0.1) is 0 Å². The van der Waals surface area contributed by atoms with Crippen LogP contribution < -0.4 is 0 Å². The second kappa shape index (κ2) is 6.05. The van der Waals surface area contributed by atoms with Crippen molar-refractivity contribution in [1.82, 2.24) is 0 Å². The zero-order valence-corrected chi connectivity index (χ0v) is 11.5. The largest absolute Gasteiger partial charge is 0.478 e. The monoisotopic (exact) mass is 294 g/mol. The van der Waals surface area contributed by atoms with Crippen molar-refractivity contribution >= 4 is 17.7 Å². The first-order chi connectivity index (χ1) is 9.47. The highest BCUT2D eigenvalue weighted by molar-refractivity contribution is 7.99. The van der Waals surface area contributed by atoms with E-state index in [-0.39, 0.29) is 5.56 Å². The summed E-state index contributed by atoms with van der Waals surface area (Å²) >= 11 is 0.466. The third-order valence-corrected chi connectivity index (χ3v) is 3.52. The number of hydrogen-bond donors (Lipinski definition) is 1. The first-order valence-electron chi connectivity index (χ1n) is 5.86. The first kappa shape index (κ1) is 14.5. The molecule has 2 nitrogen and oxygen atoms in total. The Kier molecular flexibility index (Phi) is 4.39. The van der Waals surface area contributed by atoms with Gasteiger partial charge in [-0.3, -0.25) is 0 Å². The van der Waals surface area contributed by atoms with Gasteiger partial charge in [0.05, 0.1) is 5.56 Å². The molecule has 2 aromatic carbocycles. The summed E-state index contributed by atoms with van der Waals surface area (Å²) in [4.78, 5) is 11.7. The average Bonchev–Trinajstić information content (AvgIpc) is 2.39. The van der Waals surface area contributed by atoms with Crippen LogP contribution in [0.15, 0.2) is 47.4 Å². The van der Waals surface area contributed by atoms with Crippen LogP contribution in [0.2, 0.25) is 0 Å². The molecule has 0 aliphatic rings. The third-order valence-electron chi connectivity index (χ3n) is 2.80. The van der Waals surface area contributed by atoms with Gasteiger partial charge in [0.15, 0.2) is 0 Å². The molecule has 104 valence electrons. The summed E-state index contributed by atoms with van der Waals surface area (Å²) in [7, 11) is 0. The van der Waals surface area contributed by atoms with Crippen molar-refractivity contribution in [3.63, 3.8) is 0 Å². The fourth-order valence-corrected chi connectivity index (χ4v) is 2.40. The standard InChI is InChI=1S/C15H12F2O2S/c1-9-2-7-12(13(8-9)14(18)19)10-3-5-11(6-4-10)20-15(16)17/h2-8,15H,1H3,(H,18,19). The van der Waals surface area contributed by atoms with Crippen molar-refractivity contribution in [3.05, 3.63) is 53.6 Å². The molecule has 1 N–H and O–H groups in total. The first-order valence-corrected chi connectivity index (χ1v) is 6.74. The summed E-state index contributed by atoms with van der Waals surface area (Å²) in [5.41, 5.74) is 2.34. The number of thioether (sulfide) groups is 1. The summed E-state index contributed by atoms with van der Waals surface area (Å²) in [5, 5.41) is 9.22. The number of aromatic carboxylic acids is 1. The van der Waals surface area contributed by atoms with Crippen LogP contribution in [0.3, 0.4) is 0 Å². The Morgan fingerprint density at radius 3 is 2.35 bits per heavy atom. The van der Waals surface area contributed by atoms with E-state index in [9.17, 15) is 18.7 Å². The molecule has 0 bridgehead atoms. The smallest absolute Gasteiger partial charge is 0.336 e. The van der Waals surface area contributed by atoms with E-state index in [0.29, 0.717) is 27.8 Å². The van der Waals surface area contributed by atoms with Gasteiger partial charge in [-0.05, 0) is 36.2 Å². The van der Waals surface area contributed by atoms with E-state index in [1.54, 1.807) is 36.4 Å². The molecule has 5 heteroatoms. The molecule has 0 radical (unpaired) electrons. The number of carboxylic acid groups (broad SMARTS) is 1. The quantitative estimate of drug-likeness (QED) is 0.832. The lowest BCUT2D eigenvalue weighted by molar-refractivity contribution is 0.0697. The van der Waals surface area contributed by atoms with E-state index < -0.39 is 11.7 Å². The second-order valence-electron chi connectivity index (χ2n) is 4.26. The number of alkyl halides is 2. The molecule has 0 saturated heterocycles. The van der Waals surface area contributed by atoms with Crippen molar-refractivity contribution in [1.29, 1.82) is 0 Å². The molecule has 0 heterocycles. The highest BCUT2D eigenvalue weighted by Crippen LogP contribution is 2.29. The van der Waals surface area contributed by atoms with Crippen molar-refractivity contribution in [2.45, 2.75) is 17.6 Å². The Hall–Kier alpha value is -1.88. The Bertz CT molecular complexity index is 624. The predicted octanol–water partition coefficient (Wildman–Crippen LogP) is 4.67. The highest BCUT2D eigenvalue weighted by Gasteiger charge is 2.12. The van der Waals surface area contributed by atoms with Crippen molar-refractivity contribution in [2.24, 2.45) is 0 Å². The predicted molar refractivity (Wildman–Crippen MR) is 75.4 cm³/mol. The van der Waals surface area contributed by atoms with Crippen LogP contribution in [0.1, 0.15) is 15.9 Å². The summed E-state index contributed by atoms with van der Waals surface area (Å²) in [6.07, 6.45) is 0. The summed E-state index contributed by atoms with van der Waals surface area (Å²) in [5.74, 6) is -3.47. The lowest BCUT2D eigenvalue weighted by atomic mass is 9.98. The number of benzene rings is 2. The number of aryl methyl sites for hydroxylation is 1. The Morgan fingerprint density at radius 1 is 1.15 bits per heavy atom. The van der Waals surface area contributed by atoms with E-state index in [2.05, 4.69) is 0 Å². The van der Waals surface area contributed by atoms with E-state index in [1.807, 2.05) is 13.0 Å². The lowest BCUT2D eigenvalue weighted by Gasteiger charge is -2.08. The maximum absolute atomic E-state index is 12.2. The molecular weight excluding hydrogens is 282 g/mol. The van der Waals surface area contributed by atoms with Gasteiger partial charge in [-0.1, -0.05) is 41.6 Å². The summed E-state index contributed by atoms with van der Waals surface area (Å²) in [6.45, 7) is 1.82. The minimum absolute atomic E-state index is 0.208. The Morgan fingerprint density at radius 2 is 1.80 bits per heavy atom. The van der Waals surface area contributed by atoms with Gasteiger partial charge in [0.2, 0.25) is 0 Å². The van der Waals surface area contributed by atoms with Gasteiger partial charge < -0.3 is 5.11 Å². The number of rotatable bonds is 4. The van der Waals surface area contributed by atoms with Crippen molar-refractivity contribution < 1.29 is 18.7 Å². The molecule has 2 rings (SSSR count). The zero-order chi connectivity index (χ0) is 14.7. The normalized spacial score (nSPS) is 10.8. The van der Waals surface area contributed by atoms with Gasteiger partial charge in [0.1, 0.15) is 0 Å². The fraction of sp³-hybridized carbons (Fsp3) is 0.133. The topological polar surface area (TPSA) is 37.3 Å². The van der Waals surface area contributed by atoms with E-state index in [0.717, 1.165) is 5.56 Å². The number of carboxylic acids is 1. The molecule has 0 fully saturated rings.